The maximum Gasteiger partial charge on any atom is 0.170 e. The van der Waals surface area contributed by atoms with Gasteiger partial charge in [-0.25, -0.2) is 0 Å². The molecule has 144 valence electrons. The van der Waals surface area contributed by atoms with Crippen molar-refractivity contribution in [2.24, 2.45) is 0 Å². The molecule has 1 aromatic carbocycles. The highest BCUT2D eigenvalue weighted by Gasteiger charge is 2.41. The van der Waals surface area contributed by atoms with E-state index in [1.165, 1.54) is 0 Å². The molecule has 0 bridgehead atoms. The average molecular weight is 412 g/mol. The fourth-order valence-electron chi connectivity index (χ4n) is 3.71. The number of benzene rings is 1. The lowest BCUT2D eigenvalue weighted by molar-refractivity contribution is 0.275. The number of hydrogen-bond acceptors (Lipinski definition) is 3. The van der Waals surface area contributed by atoms with E-state index in [1.807, 2.05) is 54.7 Å². The zero-order valence-corrected chi connectivity index (χ0v) is 17.4. The summed E-state index contributed by atoms with van der Waals surface area (Å²) in [4.78, 5) is 6.74. The smallest absolute Gasteiger partial charge is 0.170 e. The van der Waals surface area contributed by atoms with E-state index in [-0.39, 0.29) is 12.1 Å². The first kappa shape index (κ1) is 19.0. The molecule has 3 heterocycles. The van der Waals surface area contributed by atoms with Gasteiger partial charge in [0.1, 0.15) is 17.6 Å². The number of nitrogens with one attached hydrogen (secondary N) is 1. The normalized spacial score (nSPS) is 19.1. The van der Waals surface area contributed by atoms with Crippen LogP contribution in [0.5, 0.6) is 0 Å². The topological polar surface area (TPSA) is 41.3 Å². The van der Waals surface area contributed by atoms with E-state index in [9.17, 15) is 0 Å². The predicted octanol–water partition coefficient (Wildman–Crippen LogP) is 5.69. The number of rotatable bonds is 5. The molecule has 2 aromatic heterocycles. The van der Waals surface area contributed by atoms with Gasteiger partial charge in [-0.1, -0.05) is 30.7 Å². The Bertz CT molecular complexity index is 988. The highest BCUT2D eigenvalue weighted by Crippen LogP contribution is 2.41. The summed E-state index contributed by atoms with van der Waals surface area (Å²) in [7, 11) is 0. The fraction of sp³-hybridized carbons (Fsp3) is 0.273. The van der Waals surface area contributed by atoms with Crippen molar-refractivity contribution < 1.29 is 4.42 Å². The lowest BCUT2D eigenvalue weighted by Gasteiger charge is -2.25. The molecule has 3 aromatic rings. The molecule has 0 unspecified atom stereocenters. The lowest BCUT2D eigenvalue weighted by Crippen LogP contribution is -2.30. The Hall–Kier alpha value is -2.37. The third-order valence-electron chi connectivity index (χ3n) is 5.05. The van der Waals surface area contributed by atoms with Crippen molar-refractivity contribution in [3.05, 3.63) is 76.8 Å². The van der Waals surface area contributed by atoms with Gasteiger partial charge in [0.15, 0.2) is 5.11 Å². The Morgan fingerprint density at radius 1 is 1.21 bits per heavy atom. The number of hydrogen-bond donors (Lipinski definition) is 1. The van der Waals surface area contributed by atoms with E-state index in [2.05, 4.69) is 29.0 Å². The van der Waals surface area contributed by atoms with Crippen LogP contribution in [-0.4, -0.2) is 21.5 Å². The van der Waals surface area contributed by atoms with Crippen molar-refractivity contribution in [3.63, 3.8) is 0 Å². The number of thiocarbonyl (C=S) groups is 1. The van der Waals surface area contributed by atoms with E-state index in [0.717, 1.165) is 46.4 Å². The van der Waals surface area contributed by atoms with Gasteiger partial charge in [0.25, 0.3) is 0 Å². The number of nitrogens with zero attached hydrogens (tertiary/aromatic N) is 2. The van der Waals surface area contributed by atoms with Crippen molar-refractivity contribution in [2.75, 3.05) is 6.54 Å². The summed E-state index contributed by atoms with van der Waals surface area (Å²) in [5, 5.41) is 4.87. The first-order valence-electron chi connectivity index (χ1n) is 9.43. The summed E-state index contributed by atoms with van der Waals surface area (Å²) in [6.07, 6.45) is 2.80. The minimum Gasteiger partial charge on any atom is -0.459 e. The Morgan fingerprint density at radius 3 is 2.82 bits per heavy atom. The van der Waals surface area contributed by atoms with E-state index in [4.69, 9.17) is 28.2 Å². The summed E-state index contributed by atoms with van der Waals surface area (Å²) < 4.78 is 6.34. The fourth-order valence-corrected chi connectivity index (χ4v) is 4.22. The van der Waals surface area contributed by atoms with E-state index in [1.54, 1.807) is 0 Å². The second-order valence-electron chi connectivity index (χ2n) is 6.98. The lowest BCUT2D eigenvalue weighted by atomic mass is 10.0. The third-order valence-corrected chi connectivity index (χ3v) is 5.63. The molecule has 6 heteroatoms. The number of furan rings is 1. The maximum atomic E-state index is 6.34. The van der Waals surface area contributed by atoms with E-state index < -0.39 is 0 Å². The molecule has 0 radical (unpaired) electrons. The van der Waals surface area contributed by atoms with Gasteiger partial charge in [-0.15, -0.1) is 0 Å². The van der Waals surface area contributed by atoms with Crippen LogP contribution in [0.15, 0.2) is 59.1 Å². The quantitative estimate of drug-likeness (QED) is 0.546. The zero-order valence-electron chi connectivity index (χ0n) is 15.9. The van der Waals surface area contributed by atoms with Gasteiger partial charge in [0.2, 0.25) is 0 Å². The van der Waals surface area contributed by atoms with Crippen molar-refractivity contribution in [1.82, 2.24) is 15.2 Å². The van der Waals surface area contributed by atoms with Gasteiger partial charge < -0.3 is 14.6 Å². The van der Waals surface area contributed by atoms with Crippen LogP contribution in [0.3, 0.4) is 0 Å². The van der Waals surface area contributed by atoms with Gasteiger partial charge in [-0.05, 0) is 67.5 Å². The van der Waals surface area contributed by atoms with Crippen LogP contribution in [0.25, 0.3) is 11.3 Å². The number of halogens is 1. The van der Waals surface area contributed by atoms with Crippen LogP contribution in [0.2, 0.25) is 5.02 Å². The molecular weight excluding hydrogens is 390 g/mol. The van der Waals surface area contributed by atoms with E-state index >= 15 is 0 Å². The van der Waals surface area contributed by atoms with Gasteiger partial charge in [0, 0.05) is 23.3 Å². The minimum absolute atomic E-state index is 0.0457. The summed E-state index contributed by atoms with van der Waals surface area (Å²) in [6, 6.07) is 15.7. The number of pyridine rings is 1. The van der Waals surface area contributed by atoms with Crippen molar-refractivity contribution >= 4 is 28.9 Å². The third kappa shape index (κ3) is 3.52. The Labute approximate surface area is 175 Å². The molecule has 0 saturated carbocycles. The molecule has 4 nitrogen and oxygen atoms in total. The summed E-state index contributed by atoms with van der Waals surface area (Å²) in [6.45, 7) is 5.06. The number of aromatic nitrogens is 1. The minimum atomic E-state index is -0.0558. The van der Waals surface area contributed by atoms with E-state index in [0.29, 0.717) is 5.02 Å². The van der Waals surface area contributed by atoms with Crippen molar-refractivity contribution in [3.8, 4) is 11.3 Å². The van der Waals surface area contributed by atoms with Crippen molar-refractivity contribution in [1.29, 1.82) is 0 Å². The Morgan fingerprint density at radius 2 is 2.07 bits per heavy atom. The molecule has 28 heavy (non-hydrogen) atoms. The summed E-state index contributed by atoms with van der Waals surface area (Å²) in [5.74, 6) is 1.68. The number of aryl methyl sites for hydroxylation is 1. The largest absolute Gasteiger partial charge is 0.459 e. The molecule has 2 atom stereocenters. The molecule has 1 N–H and O–H groups in total. The molecule has 1 aliphatic rings. The molecule has 0 spiro atoms. The standard InChI is InChI=1S/C22H22ClN3OS/c1-3-12-26-21(20(25-22(26)28)17-6-4-5-11-24-17)19-10-9-18(27-19)16-13-15(23)8-7-14(16)2/h4-11,13,20-21H,3,12H2,1-2H3,(H,25,28)/t20-,21-/m0/s1. The highest BCUT2D eigenvalue weighted by atomic mass is 35.5. The average Bonchev–Trinajstić information content (AvgIpc) is 3.30. The molecule has 1 saturated heterocycles. The van der Waals surface area contributed by atoms with Crippen LogP contribution in [0.1, 0.15) is 42.4 Å². The van der Waals surface area contributed by atoms with Crippen LogP contribution in [0, 0.1) is 6.92 Å². The second-order valence-corrected chi connectivity index (χ2v) is 7.80. The van der Waals surface area contributed by atoms with Crippen LogP contribution >= 0.6 is 23.8 Å². The van der Waals surface area contributed by atoms with Gasteiger partial charge in [-0.2, -0.15) is 0 Å². The van der Waals surface area contributed by atoms with Crippen molar-refractivity contribution in [2.45, 2.75) is 32.4 Å². The monoisotopic (exact) mass is 411 g/mol. The highest BCUT2D eigenvalue weighted by molar-refractivity contribution is 7.80. The Balaban J connectivity index is 1.75. The van der Waals surface area contributed by atoms with Gasteiger partial charge in [-0.3, -0.25) is 4.98 Å². The Kier molecular flexibility index (Phi) is 5.38. The SMILES string of the molecule is CCCN1C(=S)N[C@@H](c2ccccn2)[C@@H]1c1ccc(-c2cc(Cl)ccc2C)o1. The molecule has 0 amide bonds. The molecule has 0 aliphatic carbocycles. The van der Waals surface area contributed by atoms with Crippen LogP contribution < -0.4 is 5.32 Å². The first-order valence-corrected chi connectivity index (χ1v) is 10.2. The predicted molar refractivity (Wildman–Crippen MR) is 116 cm³/mol. The molecular formula is C22H22ClN3OS. The second kappa shape index (κ2) is 7.94. The zero-order chi connectivity index (χ0) is 19.7. The van der Waals surface area contributed by atoms with Gasteiger partial charge in [0.05, 0.1) is 11.7 Å². The molecule has 4 rings (SSSR count). The first-order chi connectivity index (χ1) is 13.6. The van der Waals surface area contributed by atoms with Crippen LogP contribution in [-0.2, 0) is 0 Å². The molecule has 1 aliphatic heterocycles. The summed E-state index contributed by atoms with van der Waals surface area (Å²) >= 11 is 11.8. The van der Waals surface area contributed by atoms with Crippen LogP contribution in [0.4, 0.5) is 0 Å². The van der Waals surface area contributed by atoms with Gasteiger partial charge >= 0.3 is 0 Å². The molecule has 1 fully saturated rings. The maximum absolute atomic E-state index is 6.34. The summed E-state index contributed by atoms with van der Waals surface area (Å²) in [5.41, 5.74) is 3.08.